The molecular formula is C13H18FNO. The van der Waals surface area contributed by atoms with E-state index in [0.29, 0.717) is 11.6 Å². The van der Waals surface area contributed by atoms with Gasteiger partial charge in [0.15, 0.2) is 5.78 Å². The maximum atomic E-state index is 13.4. The van der Waals surface area contributed by atoms with Crippen LogP contribution in [-0.2, 0) is 0 Å². The van der Waals surface area contributed by atoms with Crippen LogP contribution in [0.25, 0.3) is 0 Å². The predicted octanol–water partition coefficient (Wildman–Crippen LogP) is 3.49. The van der Waals surface area contributed by atoms with Gasteiger partial charge in [0.2, 0.25) is 0 Å². The number of carbonyl (C=O) groups is 1. The van der Waals surface area contributed by atoms with Crippen LogP contribution in [0.2, 0.25) is 0 Å². The average Bonchev–Trinajstić information content (AvgIpc) is 2.16. The number of nitrogens with one attached hydrogen (secondary N) is 1. The van der Waals surface area contributed by atoms with Gasteiger partial charge in [0, 0.05) is 12.2 Å². The molecule has 16 heavy (non-hydrogen) atoms. The van der Waals surface area contributed by atoms with E-state index in [9.17, 15) is 9.18 Å². The molecule has 0 bridgehead atoms. The number of hydrogen-bond donors (Lipinski definition) is 1. The van der Waals surface area contributed by atoms with E-state index >= 15 is 0 Å². The number of rotatable bonds is 5. The Bertz CT molecular complexity index is 374. The fourth-order valence-electron chi connectivity index (χ4n) is 1.52. The van der Waals surface area contributed by atoms with E-state index in [2.05, 4.69) is 19.2 Å². The summed E-state index contributed by atoms with van der Waals surface area (Å²) in [7, 11) is 0. The highest BCUT2D eigenvalue weighted by Gasteiger charge is 2.12. The van der Waals surface area contributed by atoms with E-state index in [1.807, 2.05) is 0 Å². The molecule has 1 aromatic rings. The summed E-state index contributed by atoms with van der Waals surface area (Å²) >= 11 is 0. The number of Topliss-reactive ketones (excluding diaryl/α,β-unsaturated/α-hetero) is 1. The Hall–Kier alpha value is -1.38. The number of carbonyl (C=O) groups excluding carboxylic acids is 1. The number of hydrogen-bond acceptors (Lipinski definition) is 2. The van der Waals surface area contributed by atoms with Crippen molar-refractivity contribution in [3.8, 4) is 0 Å². The van der Waals surface area contributed by atoms with Crippen molar-refractivity contribution in [1.29, 1.82) is 0 Å². The van der Waals surface area contributed by atoms with E-state index in [-0.39, 0.29) is 11.3 Å². The van der Waals surface area contributed by atoms with Crippen LogP contribution in [0, 0.1) is 11.7 Å². The molecule has 0 unspecified atom stereocenters. The van der Waals surface area contributed by atoms with Crippen LogP contribution in [-0.4, -0.2) is 12.3 Å². The molecule has 0 atom stereocenters. The maximum absolute atomic E-state index is 13.4. The summed E-state index contributed by atoms with van der Waals surface area (Å²) in [5, 5.41) is 3.11. The van der Waals surface area contributed by atoms with E-state index in [1.165, 1.54) is 13.0 Å². The van der Waals surface area contributed by atoms with Crippen LogP contribution in [0.5, 0.6) is 0 Å². The molecule has 0 amide bonds. The van der Waals surface area contributed by atoms with Crippen LogP contribution >= 0.6 is 0 Å². The van der Waals surface area contributed by atoms with Crippen LogP contribution in [0.1, 0.15) is 37.6 Å². The lowest BCUT2D eigenvalue weighted by Crippen LogP contribution is -2.09. The second-order valence-corrected chi connectivity index (χ2v) is 4.33. The van der Waals surface area contributed by atoms with Gasteiger partial charge in [-0.25, -0.2) is 4.39 Å². The first-order valence-corrected chi connectivity index (χ1v) is 5.55. The Labute approximate surface area is 95.9 Å². The van der Waals surface area contributed by atoms with Gasteiger partial charge in [0.1, 0.15) is 5.82 Å². The molecule has 0 spiro atoms. The van der Waals surface area contributed by atoms with E-state index in [4.69, 9.17) is 0 Å². The van der Waals surface area contributed by atoms with E-state index < -0.39 is 5.82 Å². The Morgan fingerprint density at radius 2 is 2.12 bits per heavy atom. The minimum Gasteiger partial charge on any atom is -0.384 e. The quantitative estimate of drug-likeness (QED) is 0.774. The molecule has 1 rings (SSSR count). The summed E-state index contributed by atoms with van der Waals surface area (Å²) in [6, 6.07) is 4.66. The highest BCUT2D eigenvalue weighted by atomic mass is 19.1. The van der Waals surface area contributed by atoms with Crippen molar-refractivity contribution >= 4 is 11.5 Å². The molecule has 2 nitrogen and oxygen atoms in total. The predicted molar refractivity (Wildman–Crippen MR) is 64.3 cm³/mol. The van der Waals surface area contributed by atoms with Crippen molar-refractivity contribution in [2.75, 3.05) is 11.9 Å². The number of halogens is 1. The Kier molecular flexibility index (Phi) is 4.47. The molecular weight excluding hydrogens is 205 g/mol. The molecule has 0 radical (unpaired) electrons. The van der Waals surface area contributed by atoms with Crippen molar-refractivity contribution in [2.24, 2.45) is 5.92 Å². The average molecular weight is 223 g/mol. The Morgan fingerprint density at radius 3 is 2.69 bits per heavy atom. The van der Waals surface area contributed by atoms with Gasteiger partial charge < -0.3 is 5.32 Å². The van der Waals surface area contributed by atoms with Crippen LogP contribution in [0.15, 0.2) is 18.2 Å². The smallest absolute Gasteiger partial charge is 0.164 e. The first-order valence-electron chi connectivity index (χ1n) is 5.55. The van der Waals surface area contributed by atoms with Crippen molar-refractivity contribution in [1.82, 2.24) is 0 Å². The highest BCUT2D eigenvalue weighted by molar-refractivity contribution is 5.99. The highest BCUT2D eigenvalue weighted by Crippen LogP contribution is 2.19. The van der Waals surface area contributed by atoms with Crippen molar-refractivity contribution < 1.29 is 9.18 Å². The lowest BCUT2D eigenvalue weighted by Gasteiger charge is -2.11. The number of benzene rings is 1. The first kappa shape index (κ1) is 12.7. The van der Waals surface area contributed by atoms with Gasteiger partial charge in [-0.1, -0.05) is 19.9 Å². The zero-order valence-electron chi connectivity index (χ0n) is 10.0. The SMILES string of the molecule is CC(=O)c1c(F)cccc1NCCC(C)C. The van der Waals surface area contributed by atoms with Crippen molar-refractivity contribution in [3.63, 3.8) is 0 Å². The molecule has 0 heterocycles. The van der Waals surface area contributed by atoms with Gasteiger partial charge in [0.25, 0.3) is 0 Å². The van der Waals surface area contributed by atoms with Gasteiger partial charge in [-0.15, -0.1) is 0 Å². The molecule has 88 valence electrons. The van der Waals surface area contributed by atoms with E-state index in [0.717, 1.165) is 13.0 Å². The van der Waals surface area contributed by atoms with Crippen LogP contribution < -0.4 is 5.32 Å². The van der Waals surface area contributed by atoms with Gasteiger partial charge in [-0.3, -0.25) is 4.79 Å². The lowest BCUT2D eigenvalue weighted by molar-refractivity contribution is 0.101. The zero-order valence-corrected chi connectivity index (χ0v) is 10.0. The van der Waals surface area contributed by atoms with E-state index in [1.54, 1.807) is 12.1 Å². The molecule has 0 aliphatic rings. The summed E-state index contributed by atoms with van der Waals surface area (Å²) in [6.45, 7) is 6.38. The summed E-state index contributed by atoms with van der Waals surface area (Å²) in [5.74, 6) is -0.117. The third-order valence-electron chi connectivity index (χ3n) is 2.40. The fourth-order valence-corrected chi connectivity index (χ4v) is 1.52. The Balaban J connectivity index is 2.79. The van der Waals surface area contributed by atoms with Crippen LogP contribution in [0.4, 0.5) is 10.1 Å². The number of ketones is 1. The third-order valence-corrected chi connectivity index (χ3v) is 2.40. The second-order valence-electron chi connectivity index (χ2n) is 4.33. The van der Waals surface area contributed by atoms with Gasteiger partial charge in [-0.05, 0) is 31.4 Å². The molecule has 0 aliphatic carbocycles. The summed E-state index contributed by atoms with van der Waals surface area (Å²) in [4.78, 5) is 11.3. The third kappa shape index (κ3) is 3.33. The molecule has 0 aliphatic heterocycles. The largest absolute Gasteiger partial charge is 0.384 e. The topological polar surface area (TPSA) is 29.1 Å². The summed E-state index contributed by atoms with van der Waals surface area (Å²) < 4.78 is 13.4. The van der Waals surface area contributed by atoms with Crippen LogP contribution in [0.3, 0.4) is 0 Å². The van der Waals surface area contributed by atoms with Gasteiger partial charge >= 0.3 is 0 Å². The molecule has 1 aromatic carbocycles. The molecule has 0 aromatic heterocycles. The normalized spacial score (nSPS) is 10.6. The maximum Gasteiger partial charge on any atom is 0.164 e. The van der Waals surface area contributed by atoms with Gasteiger partial charge in [-0.2, -0.15) is 0 Å². The number of anilines is 1. The minimum atomic E-state index is -0.456. The van der Waals surface area contributed by atoms with Gasteiger partial charge in [0.05, 0.1) is 5.56 Å². The van der Waals surface area contributed by atoms with Crippen molar-refractivity contribution in [3.05, 3.63) is 29.6 Å². The second kappa shape index (κ2) is 5.64. The molecule has 3 heteroatoms. The molecule has 0 saturated heterocycles. The Morgan fingerprint density at radius 1 is 1.44 bits per heavy atom. The lowest BCUT2D eigenvalue weighted by atomic mass is 10.1. The standard InChI is InChI=1S/C13H18FNO/c1-9(2)7-8-15-12-6-4-5-11(14)13(12)10(3)16/h4-6,9,15H,7-8H2,1-3H3. The minimum absolute atomic E-state index is 0.159. The summed E-state index contributed by atoms with van der Waals surface area (Å²) in [6.07, 6.45) is 0.994. The fraction of sp³-hybridized carbons (Fsp3) is 0.462. The molecule has 1 N–H and O–H groups in total. The summed E-state index contributed by atoms with van der Waals surface area (Å²) in [5.41, 5.74) is 0.749. The molecule has 0 fully saturated rings. The van der Waals surface area contributed by atoms with Crippen molar-refractivity contribution in [2.45, 2.75) is 27.2 Å². The monoisotopic (exact) mass is 223 g/mol. The zero-order chi connectivity index (χ0) is 12.1. The molecule has 0 saturated carbocycles. The first-order chi connectivity index (χ1) is 7.52.